The molecule has 4 heteroatoms. The van der Waals surface area contributed by atoms with E-state index in [1.807, 2.05) is 0 Å². The van der Waals surface area contributed by atoms with Gasteiger partial charge in [0.15, 0.2) is 5.96 Å². The third-order valence-corrected chi connectivity index (χ3v) is 0.497. The Labute approximate surface area is 60.4 Å². The minimum Gasteiger partial charge on any atom is -0.370 e. The zero-order valence-corrected chi connectivity index (χ0v) is 6.76. The molecule has 0 saturated carbocycles. The summed E-state index contributed by atoms with van der Waals surface area (Å²) >= 11 is 0. The van der Waals surface area contributed by atoms with Crippen molar-refractivity contribution >= 4 is 29.9 Å². The standard InChI is InChI=1S/C3H9N3.HI/c1-5-3(4)6-2;/h1-2H3,(H3,4,5,6);1H. The summed E-state index contributed by atoms with van der Waals surface area (Å²) in [4.78, 5) is 3.59. The van der Waals surface area contributed by atoms with Crippen LogP contribution in [0.2, 0.25) is 0 Å². The van der Waals surface area contributed by atoms with Crippen molar-refractivity contribution in [2.24, 2.45) is 10.7 Å². The maximum absolute atomic E-state index is 5.11. The molecule has 0 saturated heterocycles. The molecular weight excluding hydrogens is 205 g/mol. The first kappa shape index (κ1) is 10.1. The lowest BCUT2D eigenvalue weighted by atomic mass is 11.0. The van der Waals surface area contributed by atoms with E-state index < -0.39 is 0 Å². The third kappa shape index (κ3) is 6.00. The number of hydrogen-bond donors (Lipinski definition) is 2. The Balaban J connectivity index is 0. The van der Waals surface area contributed by atoms with Gasteiger partial charge in [0.25, 0.3) is 0 Å². The smallest absolute Gasteiger partial charge is 0.188 e. The van der Waals surface area contributed by atoms with Crippen LogP contribution in [0.5, 0.6) is 0 Å². The summed E-state index contributed by atoms with van der Waals surface area (Å²) in [7, 11) is 3.36. The molecule has 0 aromatic rings. The van der Waals surface area contributed by atoms with Gasteiger partial charge in [0.05, 0.1) is 0 Å². The minimum atomic E-state index is 0. The number of aliphatic imine (C=N–C) groups is 1. The maximum Gasteiger partial charge on any atom is 0.188 e. The van der Waals surface area contributed by atoms with Crippen LogP contribution in [0.15, 0.2) is 4.99 Å². The summed E-state index contributed by atoms with van der Waals surface area (Å²) in [6, 6.07) is 0. The molecule has 3 N–H and O–H groups in total. The molecule has 7 heavy (non-hydrogen) atoms. The molecule has 0 aliphatic carbocycles. The van der Waals surface area contributed by atoms with Gasteiger partial charge in [-0.2, -0.15) is 0 Å². The number of nitrogens with zero attached hydrogens (tertiary/aromatic N) is 1. The monoisotopic (exact) mass is 215 g/mol. The first-order valence-electron chi connectivity index (χ1n) is 1.71. The van der Waals surface area contributed by atoms with Gasteiger partial charge in [0, 0.05) is 14.1 Å². The van der Waals surface area contributed by atoms with E-state index in [0.29, 0.717) is 5.96 Å². The molecule has 44 valence electrons. The van der Waals surface area contributed by atoms with Gasteiger partial charge in [-0.1, -0.05) is 0 Å². The van der Waals surface area contributed by atoms with Crippen molar-refractivity contribution in [1.29, 1.82) is 0 Å². The van der Waals surface area contributed by atoms with Crippen LogP contribution in [-0.4, -0.2) is 20.1 Å². The van der Waals surface area contributed by atoms with Crippen LogP contribution in [0.3, 0.4) is 0 Å². The van der Waals surface area contributed by atoms with Crippen molar-refractivity contribution in [2.45, 2.75) is 0 Å². The fourth-order valence-electron chi connectivity index (χ4n) is 0.112. The van der Waals surface area contributed by atoms with Gasteiger partial charge in [-0.25, -0.2) is 0 Å². The Morgan fingerprint density at radius 3 is 2.14 bits per heavy atom. The van der Waals surface area contributed by atoms with Crippen molar-refractivity contribution in [2.75, 3.05) is 14.1 Å². The van der Waals surface area contributed by atoms with Crippen LogP contribution < -0.4 is 11.1 Å². The van der Waals surface area contributed by atoms with Gasteiger partial charge in [0.1, 0.15) is 0 Å². The second kappa shape index (κ2) is 6.00. The first-order valence-corrected chi connectivity index (χ1v) is 1.71. The molecule has 0 rings (SSSR count). The summed E-state index contributed by atoms with van der Waals surface area (Å²) in [5, 5.41) is 2.64. The Morgan fingerprint density at radius 2 is 2.14 bits per heavy atom. The van der Waals surface area contributed by atoms with Gasteiger partial charge in [-0.05, 0) is 0 Å². The Hall–Kier alpha value is 0. The van der Waals surface area contributed by atoms with Gasteiger partial charge in [-0.3, -0.25) is 4.99 Å². The van der Waals surface area contributed by atoms with Crippen LogP contribution >= 0.6 is 24.0 Å². The molecule has 0 aliphatic rings. The van der Waals surface area contributed by atoms with Crippen molar-refractivity contribution in [3.05, 3.63) is 0 Å². The van der Waals surface area contributed by atoms with Crippen molar-refractivity contribution < 1.29 is 0 Å². The molecule has 0 spiro atoms. The average molecular weight is 215 g/mol. The van der Waals surface area contributed by atoms with Crippen molar-refractivity contribution in [3.8, 4) is 0 Å². The van der Waals surface area contributed by atoms with Gasteiger partial charge in [0.2, 0.25) is 0 Å². The van der Waals surface area contributed by atoms with Crippen molar-refractivity contribution in [1.82, 2.24) is 5.32 Å². The molecule has 0 aromatic carbocycles. The fourth-order valence-corrected chi connectivity index (χ4v) is 0.112. The molecule has 0 unspecified atom stereocenters. The zero-order chi connectivity index (χ0) is 4.99. The van der Waals surface area contributed by atoms with Crippen molar-refractivity contribution in [3.63, 3.8) is 0 Å². The van der Waals surface area contributed by atoms with E-state index in [1.54, 1.807) is 14.1 Å². The van der Waals surface area contributed by atoms with Crippen LogP contribution in [0.4, 0.5) is 0 Å². The molecule has 0 fully saturated rings. The molecule has 0 atom stereocenters. The van der Waals surface area contributed by atoms with Gasteiger partial charge < -0.3 is 11.1 Å². The normalized spacial score (nSPS) is 9.71. The predicted octanol–water partition coefficient (Wildman–Crippen LogP) is -0.232. The van der Waals surface area contributed by atoms with Crippen LogP contribution in [-0.2, 0) is 0 Å². The quantitative estimate of drug-likeness (QED) is 0.333. The topological polar surface area (TPSA) is 50.4 Å². The first-order chi connectivity index (χ1) is 2.81. The summed E-state index contributed by atoms with van der Waals surface area (Å²) in [6.07, 6.45) is 0. The highest BCUT2D eigenvalue weighted by molar-refractivity contribution is 14.0. The van der Waals surface area contributed by atoms with Crippen LogP contribution in [0, 0.1) is 0 Å². The Kier molecular flexibility index (Phi) is 8.64. The van der Waals surface area contributed by atoms with Crippen LogP contribution in [0.1, 0.15) is 0 Å². The molecule has 0 aliphatic heterocycles. The van der Waals surface area contributed by atoms with Gasteiger partial charge >= 0.3 is 0 Å². The lowest BCUT2D eigenvalue weighted by molar-refractivity contribution is 1.12. The Bertz CT molecular complexity index is 61.2. The van der Waals surface area contributed by atoms with E-state index in [4.69, 9.17) is 5.73 Å². The van der Waals surface area contributed by atoms with E-state index in [0.717, 1.165) is 0 Å². The van der Waals surface area contributed by atoms with E-state index in [1.165, 1.54) is 0 Å². The molecule has 0 heterocycles. The Morgan fingerprint density at radius 1 is 1.71 bits per heavy atom. The van der Waals surface area contributed by atoms with E-state index >= 15 is 0 Å². The average Bonchev–Trinajstić information content (AvgIpc) is 1.65. The second-order valence-corrected chi connectivity index (χ2v) is 0.859. The SMILES string of the molecule is CN=C(N)NC.I. The predicted molar refractivity (Wildman–Crippen MR) is 42.0 cm³/mol. The van der Waals surface area contributed by atoms with E-state index in [-0.39, 0.29) is 24.0 Å². The highest BCUT2D eigenvalue weighted by atomic mass is 127. The number of halogens is 1. The van der Waals surface area contributed by atoms with Gasteiger partial charge in [-0.15, -0.1) is 24.0 Å². The molecule has 3 nitrogen and oxygen atoms in total. The lowest BCUT2D eigenvalue weighted by Gasteiger charge is -1.90. The number of rotatable bonds is 0. The fraction of sp³-hybridized carbons (Fsp3) is 0.667. The summed E-state index contributed by atoms with van der Waals surface area (Å²) in [5.41, 5.74) is 5.11. The van der Waals surface area contributed by atoms with E-state index in [2.05, 4.69) is 10.3 Å². The summed E-state index contributed by atoms with van der Waals surface area (Å²) in [6.45, 7) is 0. The molecule has 0 radical (unpaired) electrons. The number of nitrogens with two attached hydrogens (primary N) is 1. The lowest BCUT2D eigenvalue weighted by Crippen LogP contribution is -2.27. The highest BCUT2D eigenvalue weighted by Crippen LogP contribution is 1.48. The maximum atomic E-state index is 5.11. The molecular formula is C3H10IN3. The molecule has 0 bridgehead atoms. The summed E-state index contributed by atoms with van der Waals surface area (Å²) < 4.78 is 0. The van der Waals surface area contributed by atoms with E-state index in [9.17, 15) is 0 Å². The second-order valence-electron chi connectivity index (χ2n) is 0.859. The summed E-state index contributed by atoms with van der Waals surface area (Å²) in [5.74, 6) is 0.468. The number of guanidine groups is 1. The minimum absolute atomic E-state index is 0. The third-order valence-electron chi connectivity index (χ3n) is 0.497. The number of nitrogens with one attached hydrogen (secondary N) is 1. The van der Waals surface area contributed by atoms with Crippen LogP contribution in [0.25, 0.3) is 0 Å². The highest BCUT2D eigenvalue weighted by Gasteiger charge is 1.71. The molecule has 0 amide bonds. The zero-order valence-electron chi connectivity index (χ0n) is 4.43. The largest absolute Gasteiger partial charge is 0.370 e. The molecule has 0 aromatic heterocycles. The number of hydrogen-bond acceptors (Lipinski definition) is 1.